The molecule has 20 heavy (non-hydrogen) atoms. The van der Waals surface area contributed by atoms with Gasteiger partial charge in [-0.3, -0.25) is 14.5 Å². The number of sulfone groups is 1. The number of aliphatic carboxylic acids is 1. The van der Waals surface area contributed by atoms with Gasteiger partial charge in [0.25, 0.3) is 0 Å². The highest BCUT2D eigenvalue weighted by Gasteiger charge is 2.24. The second-order valence-corrected chi connectivity index (χ2v) is 7.97. The van der Waals surface area contributed by atoms with Crippen LogP contribution in [-0.4, -0.2) is 60.4 Å². The number of nitrogens with two attached hydrogens (primary N) is 1. The molecule has 0 bridgehead atoms. The second kappa shape index (κ2) is 7.58. The van der Waals surface area contributed by atoms with Crippen molar-refractivity contribution in [1.29, 1.82) is 0 Å². The van der Waals surface area contributed by atoms with Gasteiger partial charge >= 0.3 is 5.97 Å². The lowest BCUT2D eigenvalue weighted by Crippen LogP contribution is -2.45. The van der Waals surface area contributed by atoms with Crippen LogP contribution in [0.15, 0.2) is 0 Å². The minimum absolute atomic E-state index is 0.0431. The molecule has 0 aliphatic carbocycles. The van der Waals surface area contributed by atoms with E-state index in [1.54, 1.807) is 0 Å². The number of rotatable bonds is 9. The number of carbonyl (C=O) groups is 2. The van der Waals surface area contributed by atoms with Gasteiger partial charge in [-0.2, -0.15) is 0 Å². The van der Waals surface area contributed by atoms with Crippen LogP contribution in [-0.2, 0) is 19.4 Å². The zero-order valence-corrected chi connectivity index (χ0v) is 13.1. The minimum atomic E-state index is -3.36. The fourth-order valence-electron chi connectivity index (χ4n) is 1.62. The van der Waals surface area contributed by atoms with Crippen molar-refractivity contribution >= 4 is 21.7 Å². The van der Waals surface area contributed by atoms with Gasteiger partial charge in [0.1, 0.15) is 0 Å². The van der Waals surface area contributed by atoms with Crippen molar-refractivity contribution in [3.63, 3.8) is 0 Å². The average molecular weight is 308 g/mol. The number of carboxylic acids is 1. The average Bonchev–Trinajstić information content (AvgIpc) is 2.24. The van der Waals surface area contributed by atoms with E-state index < -0.39 is 21.7 Å². The first kappa shape index (κ1) is 18.9. The first-order valence-electron chi connectivity index (χ1n) is 6.39. The smallest absolute Gasteiger partial charge is 0.304 e. The molecule has 0 unspecified atom stereocenters. The van der Waals surface area contributed by atoms with E-state index in [2.05, 4.69) is 0 Å². The van der Waals surface area contributed by atoms with E-state index in [1.807, 2.05) is 25.7 Å². The molecular formula is C12H24N2O5S. The van der Waals surface area contributed by atoms with Crippen molar-refractivity contribution in [2.45, 2.75) is 39.2 Å². The molecule has 0 atom stereocenters. The zero-order chi connectivity index (χ0) is 16.0. The highest BCUT2D eigenvalue weighted by Crippen LogP contribution is 2.14. The molecule has 0 saturated carbocycles. The van der Waals surface area contributed by atoms with Crippen molar-refractivity contribution in [1.82, 2.24) is 4.90 Å². The Morgan fingerprint density at radius 3 is 2.05 bits per heavy atom. The van der Waals surface area contributed by atoms with Crippen molar-refractivity contribution in [3.8, 4) is 0 Å². The number of nitrogens with zero attached hydrogens (tertiary/aromatic N) is 1. The third-order valence-electron chi connectivity index (χ3n) is 2.88. The van der Waals surface area contributed by atoms with Gasteiger partial charge in [0.15, 0.2) is 9.84 Å². The van der Waals surface area contributed by atoms with Gasteiger partial charge in [-0.15, -0.1) is 0 Å². The lowest BCUT2D eigenvalue weighted by atomic mass is 10.1. The van der Waals surface area contributed by atoms with Crippen molar-refractivity contribution < 1.29 is 23.1 Å². The molecule has 0 saturated heterocycles. The summed E-state index contributed by atoms with van der Waals surface area (Å²) in [7, 11) is -3.36. The topological polar surface area (TPSA) is 118 Å². The molecule has 0 aromatic rings. The standard InChI is InChI=1S/C12H24N2O5S/c1-12(2,3)14(6-4-11(16)17)7-9-20(18,19)8-5-10(13)15/h4-9H2,1-3H3,(H2,13,15)(H,16,17). The number of carboxylic acid groups (broad SMARTS) is 1. The maximum atomic E-state index is 11.8. The Morgan fingerprint density at radius 1 is 1.10 bits per heavy atom. The van der Waals surface area contributed by atoms with E-state index in [0.29, 0.717) is 0 Å². The largest absolute Gasteiger partial charge is 0.481 e. The SMILES string of the molecule is CC(C)(C)N(CCC(=O)O)CCS(=O)(=O)CCC(N)=O. The zero-order valence-electron chi connectivity index (χ0n) is 12.3. The number of amides is 1. The van der Waals surface area contributed by atoms with Gasteiger partial charge in [-0.1, -0.05) is 0 Å². The maximum absolute atomic E-state index is 11.8. The maximum Gasteiger partial charge on any atom is 0.304 e. The number of primary amides is 1. The Bertz CT molecular complexity index is 439. The van der Waals surface area contributed by atoms with Crippen LogP contribution in [0.25, 0.3) is 0 Å². The van der Waals surface area contributed by atoms with E-state index >= 15 is 0 Å². The molecule has 0 fully saturated rings. The van der Waals surface area contributed by atoms with Crippen LogP contribution in [0, 0.1) is 0 Å². The van der Waals surface area contributed by atoms with E-state index in [9.17, 15) is 18.0 Å². The Hall–Kier alpha value is -1.15. The first-order chi connectivity index (χ1) is 8.94. The van der Waals surface area contributed by atoms with Crippen LogP contribution >= 0.6 is 0 Å². The fourth-order valence-corrected chi connectivity index (χ4v) is 2.84. The van der Waals surface area contributed by atoms with E-state index in [4.69, 9.17) is 10.8 Å². The summed E-state index contributed by atoms with van der Waals surface area (Å²) in [4.78, 5) is 23.0. The third kappa shape index (κ3) is 8.87. The summed E-state index contributed by atoms with van der Waals surface area (Å²) >= 11 is 0. The van der Waals surface area contributed by atoms with Gasteiger partial charge < -0.3 is 10.8 Å². The van der Waals surface area contributed by atoms with Gasteiger partial charge in [-0.05, 0) is 20.8 Å². The van der Waals surface area contributed by atoms with Crippen LogP contribution in [0.4, 0.5) is 0 Å². The molecule has 7 nitrogen and oxygen atoms in total. The Morgan fingerprint density at radius 2 is 1.65 bits per heavy atom. The predicted molar refractivity (Wildman–Crippen MR) is 76.0 cm³/mol. The molecule has 0 rings (SSSR count). The summed E-state index contributed by atoms with van der Waals surface area (Å²) in [6.07, 6.45) is -0.231. The molecule has 0 spiro atoms. The van der Waals surface area contributed by atoms with Gasteiger partial charge in [0.2, 0.25) is 5.91 Å². The Balaban J connectivity index is 4.52. The van der Waals surface area contributed by atoms with Crippen LogP contribution in [0.5, 0.6) is 0 Å². The van der Waals surface area contributed by atoms with Crippen LogP contribution in [0.1, 0.15) is 33.6 Å². The highest BCUT2D eigenvalue weighted by molar-refractivity contribution is 7.91. The van der Waals surface area contributed by atoms with Crippen molar-refractivity contribution in [2.24, 2.45) is 5.73 Å². The number of hydrogen-bond acceptors (Lipinski definition) is 5. The minimum Gasteiger partial charge on any atom is -0.481 e. The first-order valence-corrected chi connectivity index (χ1v) is 8.22. The van der Waals surface area contributed by atoms with E-state index in [-0.39, 0.29) is 43.0 Å². The molecule has 0 aliphatic rings. The molecule has 8 heteroatoms. The second-order valence-electron chi connectivity index (χ2n) is 5.67. The normalized spacial score (nSPS) is 12.6. The van der Waals surface area contributed by atoms with Crippen molar-refractivity contribution in [2.75, 3.05) is 24.6 Å². The number of carbonyl (C=O) groups excluding carboxylic acids is 1. The molecular weight excluding hydrogens is 284 g/mol. The molecule has 0 radical (unpaired) electrons. The summed E-state index contributed by atoms with van der Waals surface area (Å²) in [5, 5.41) is 8.71. The molecule has 3 N–H and O–H groups in total. The fraction of sp³-hybridized carbons (Fsp3) is 0.833. The molecule has 0 aromatic carbocycles. The highest BCUT2D eigenvalue weighted by atomic mass is 32.2. The Kier molecular flexibility index (Phi) is 7.15. The van der Waals surface area contributed by atoms with E-state index in [0.717, 1.165) is 0 Å². The summed E-state index contributed by atoms with van der Waals surface area (Å²) in [6.45, 7) is 6.20. The number of hydrogen-bond donors (Lipinski definition) is 2. The third-order valence-corrected chi connectivity index (χ3v) is 4.51. The molecule has 0 aromatic heterocycles. The predicted octanol–water partition coefficient (Wildman–Crippen LogP) is -0.148. The van der Waals surface area contributed by atoms with Crippen LogP contribution in [0.3, 0.4) is 0 Å². The quantitative estimate of drug-likeness (QED) is 0.611. The monoisotopic (exact) mass is 308 g/mol. The summed E-state index contributed by atoms with van der Waals surface area (Å²) < 4.78 is 23.5. The molecule has 118 valence electrons. The summed E-state index contributed by atoms with van der Waals surface area (Å²) in [5.41, 5.74) is 4.60. The molecule has 0 heterocycles. The van der Waals surface area contributed by atoms with Crippen LogP contribution in [0.2, 0.25) is 0 Å². The van der Waals surface area contributed by atoms with Crippen LogP contribution < -0.4 is 5.73 Å². The van der Waals surface area contributed by atoms with Gasteiger partial charge in [0.05, 0.1) is 17.9 Å². The molecule has 0 aliphatic heterocycles. The van der Waals surface area contributed by atoms with E-state index in [1.165, 1.54) is 0 Å². The summed E-state index contributed by atoms with van der Waals surface area (Å²) in [6, 6.07) is 0. The van der Waals surface area contributed by atoms with Gasteiger partial charge in [0, 0.05) is 25.0 Å². The summed E-state index contributed by atoms with van der Waals surface area (Å²) in [5.74, 6) is -1.95. The van der Waals surface area contributed by atoms with Crippen molar-refractivity contribution in [3.05, 3.63) is 0 Å². The lowest BCUT2D eigenvalue weighted by molar-refractivity contribution is -0.137. The Labute approximate surface area is 120 Å². The van der Waals surface area contributed by atoms with Gasteiger partial charge in [-0.25, -0.2) is 8.42 Å². The molecule has 1 amide bonds. The lowest BCUT2D eigenvalue weighted by Gasteiger charge is -2.35.